The van der Waals surface area contributed by atoms with Crippen LogP contribution in [-0.4, -0.2) is 136 Å². The predicted octanol–water partition coefficient (Wildman–Crippen LogP) is -4.25. The Morgan fingerprint density at radius 2 is 1.60 bits per heavy atom. The minimum absolute atomic E-state index is 0.0181. The van der Waals surface area contributed by atoms with Crippen LogP contribution in [0, 0.1) is 5.92 Å². The molecule has 2 aromatic rings. The second-order valence-electron chi connectivity index (χ2n) is 14.2. The number of amides is 7. The van der Waals surface area contributed by atoms with Crippen LogP contribution >= 0.6 is 0 Å². The Bertz CT molecular complexity index is 1850. The van der Waals surface area contributed by atoms with Crippen LogP contribution in [0.3, 0.4) is 0 Å². The summed E-state index contributed by atoms with van der Waals surface area (Å²) in [6, 6.07) is -0.499. The van der Waals surface area contributed by atoms with Crippen molar-refractivity contribution < 1.29 is 48.6 Å². The number of hydrogen-bond acceptors (Lipinski definition) is 11. The van der Waals surface area contributed by atoms with Crippen molar-refractivity contribution in [1.82, 2.24) is 36.5 Å². The molecule has 1 saturated heterocycles. The van der Waals surface area contributed by atoms with Gasteiger partial charge >= 0.3 is 5.97 Å². The van der Waals surface area contributed by atoms with Crippen molar-refractivity contribution in [3.63, 3.8) is 0 Å². The zero-order valence-corrected chi connectivity index (χ0v) is 32.4. The summed E-state index contributed by atoms with van der Waals surface area (Å²) in [5, 5.41) is 32.8. The van der Waals surface area contributed by atoms with Crippen molar-refractivity contribution in [2.45, 2.75) is 88.6 Å². The van der Waals surface area contributed by atoms with Crippen LogP contribution in [-0.2, 0) is 44.8 Å². The van der Waals surface area contributed by atoms with E-state index in [0.29, 0.717) is 12.0 Å². The van der Waals surface area contributed by atoms with Crippen molar-refractivity contribution in [1.29, 1.82) is 0 Å². The molecule has 16 N–H and O–H groups in total. The third-order valence-corrected chi connectivity index (χ3v) is 9.38. The summed E-state index contributed by atoms with van der Waals surface area (Å²) in [7, 11) is 0. The Hall–Kier alpha value is -6.29. The fourth-order valence-corrected chi connectivity index (χ4v) is 6.35. The van der Waals surface area contributed by atoms with Gasteiger partial charge in [-0.05, 0) is 43.2 Å². The second-order valence-corrected chi connectivity index (χ2v) is 14.2. The third-order valence-electron chi connectivity index (χ3n) is 9.38. The molecule has 2 heterocycles. The number of carboxylic acid groups (broad SMARTS) is 1. The van der Waals surface area contributed by atoms with E-state index in [1.807, 2.05) is 18.2 Å². The normalized spacial score (nSPS) is 16.3. The zero-order valence-electron chi connectivity index (χ0n) is 32.4. The van der Waals surface area contributed by atoms with E-state index >= 15 is 0 Å². The smallest absolute Gasteiger partial charge is 0.326 e. The summed E-state index contributed by atoms with van der Waals surface area (Å²) in [6.07, 6.45) is 1.89. The molecule has 7 amide bonds. The van der Waals surface area contributed by atoms with Gasteiger partial charge in [-0.1, -0.05) is 32.0 Å². The number of H-pyrrole nitrogens is 1. The minimum Gasteiger partial charge on any atom is -0.480 e. The molecule has 0 spiro atoms. The summed E-state index contributed by atoms with van der Waals surface area (Å²) in [5.41, 5.74) is 23.0. The maximum atomic E-state index is 13.9. The van der Waals surface area contributed by atoms with Gasteiger partial charge in [-0.3, -0.25) is 38.6 Å². The molecule has 0 aliphatic carbocycles. The van der Waals surface area contributed by atoms with Gasteiger partial charge in [-0.25, -0.2) is 4.79 Å². The molecule has 0 bridgehead atoms. The summed E-state index contributed by atoms with van der Waals surface area (Å²) in [6.45, 7) is 1.95. The van der Waals surface area contributed by atoms with Crippen LogP contribution in [0.2, 0.25) is 0 Å². The number of aromatic nitrogens is 1. The minimum atomic E-state index is -1.48. The number of aliphatic carboxylic acids is 1. The molecular weight excluding hydrogens is 760 g/mol. The van der Waals surface area contributed by atoms with Gasteiger partial charge in [-0.2, -0.15) is 0 Å². The monoisotopic (exact) mass is 814 g/mol. The fraction of sp³-hybridized carbons (Fsp3) is 0.528. The molecule has 318 valence electrons. The predicted molar refractivity (Wildman–Crippen MR) is 209 cm³/mol. The molecule has 0 saturated carbocycles. The zero-order chi connectivity index (χ0) is 43.1. The third kappa shape index (κ3) is 13.4. The van der Waals surface area contributed by atoms with Crippen molar-refractivity contribution in [2.24, 2.45) is 33.8 Å². The first-order valence-electron chi connectivity index (χ1n) is 18.7. The van der Waals surface area contributed by atoms with Gasteiger partial charge in [-0.15, -0.1) is 0 Å². The van der Waals surface area contributed by atoms with Gasteiger partial charge in [0.15, 0.2) is 5.96 Å². The fourth-order valence-electron chi connectivity index (χ4n) is 6.35. The van der Waals surface area contributed by atoms with E-state index in [4.69, 9.17) is 22.9 Å². The van der Waals surface area contributed by atoms with Crippen LogP contribution in [0.4, 0.5) is 0 Å². The summed E-state index contributed by atoms with van der Waals surface area (Å²) in [5.74, 6) is -7.60. The maximum absolute atomic E-state index is 13.9. The van der Waals surface area contributed by atoms with Gasteiger partial charge in [0.1, 0.15) is 30.2 Å². The van der Waals surface area contributed by atoms with Crippen molar-refractivity contribution in [2.75, 3.05) is 26.2 Å². The topological polar surface area (TPSA) is 373 Å². The van der Waals surface area contributed by atoms with Crippen LogP contribution in [0.5, 0.6) is 0 Å². The lowest BCUT2D eigenvalue weighted by atomic mass is 10.0. The Labute approximate surface area is 333 Å². The van der Waals surface area contributed by atoms with Crippen molar-refractivity contribution >= 4 is 64.2 Å². The molecule has 1 aliphatic rings. The van der Waals surface area contributed by atoms with Crippen LogP contribution in [0.25, 0.3) is 10.9 Å². The number of carbonyl (C=O) groups excluding carboxylic acids is 7. The number of para-hydroxylation sites is 1. The molecule has 6 atom stereocenters. The van der Waals surface area contributed by atoms with E-state index < -0.39 is 109 Å². The van der Waals surface area contributed by atoms with Crippen molar-refractivity contribution in [3.8, 4) is 0 Å². The average molecular weight is 815 g/mol. The standard InChI is InChI=1S/C36H54N12O10/c1-18(2)29(35(57)58)47-32(54)24(13-19-15-42-22-8-4-3-7-20(19)22)45-31(53)23(9-5-11-41-36(39)40)44-28(51)16-43-33(55)26-10-6-12-48(26)34(56)25(17-49)46-30(52)21(37)14-27(38)50/h3-4,7-8,15,18,21,23-26,29,42,49H,5-6,9-14,16-17,37H2,1-2H3,(H2,38,50)(H,43,55)(H,44,51)(H,45,53)(H,46,52)(H,47,54)(H,57,58)(H4,39,40,41)/t21-,23-,24-,25-,26-,29-/m0/s1. The van der Waals surface area contributed by atoms with Gasteiger partial charge in [0.2, 0.25) is 41.4 Å². The molecule has 0 radical (unpaired) electrons. The van der Waals surface area contributed by atoms with E-state index in [1.165, 1.54) is 0 Å². The van der Waals surface area contributed by atoms with Crippen LogP contribution in [0.1, 0.15) is 51.5 Å². The molecule has 3 rings (SSSR count). The van der Waals surface area contributed by atoms with E-state index in [-0.39, 0.29) is 44.7 Å². The number of fused-ring (bicyclic) bond motifs is 1. The molecule has 1 aliphatic heterocycles. The number of likely N-dealkylation sites (tertiary alicyclic amines) is 1. The Morgan fingerprint density at radius 3 is 2.24 bits per heavy atom. The number of aliphatic hydroxyl groups is 1. The number of aromatic amines is 1. The van der Waals surface area contributed by atoms with Crippen LogP contribution in [0.15, 0.2) is 35.5 Å². The number of hydrogen-bond donors (Lipinski definition) is 12. The number of primary amides is 1. The lowest BCUT2D eigenvalue weighted by Gasteiger charge is -2.28. The van der Waals surface area contributed by atoms with Gasteiger partial charge in [0, 0.05) is 36.6 Å². The number of aliphatic imine (C=N–C) groups is 1. The van der Waals surface area contributed by atoms with Crippen LogP contribution < -0.4 is 49.5 Å². The summed E-state index contributed by atoms with van der Waals surface area (Å²) >= 11 is 0. The van der Waals surface area contributed by atoms with E-state index in [2.05, 4.69) is 36.6 Å². The summed E-state index contributed by atoms with van der Waals surface area (Å²) in [4.78, 5) is 111. The Kier molecular flexibility index (Phi) is 17.4. The molecule has 0 unspecified atom stereocenters. The number of aliphatic hydroxyl groups excluding tert-OH is 1. The van der Waals surface area contributed by atoms with E-state index in [1.54, 1.807) is 26.1 Å². The molecule has 58 heavy (non-hydrogen) atoms. The number of guanidine groups is 1. The number of benzene rings is 1. The highest BCUT2D eigenvalue weighted by Crippen LogP contribution is 2.20. The SMILES string of the molecule is CC(C)[C@H](NC(=O)[C@H](Cc1c[nH]c2ccccc12)NC(=O)[C@H](CCCN=C(N)N)NC(=O)CNC(=O)[C@@H]1CCCN1C(=O)[C@H](CO)NC(=O)[C@@H](N)CC(N)=O)C(=O)O. The van der Waals surface area contributed by atoms with Crippen molar-refractivity contribution in [3.05, 3.63) is 36.0 Å². The number of rotatable bonds is 22. The Morgan fingerprint density at radius 1 is 0.931 bits per heavy atom. The quantitative estimate of drug-likeness (QED) is 0.0305. The highest BCUT2D eigenvalue weighted by atomic mass is 16.4. The molecule has 22 heteroatoms. The highest BCUT2D eigenvalue weighted by Gasteiger charge is 2.38. The number of nitrogens with two attached hydrogens (primary N) is 4. The maximum Gasteiger partial charge on any atom is 0.326 e. The lowest BCUT2D eigenvalue weighted by Crippen LogP contribution is -2.58. The van der Waals surface area contributed by atoms with E-state index in [0.717, 1.165) is 15.8 Å². The molecule has 1 aromatic carbocycles. The number of carbonyl (C=O) groups is 8. The van der Waals surface area contributed by atoms with Gasteiger partial charge in [0.05, 0.1) is 25.6 Å². The van der Waals surface area contributed by atoms with Gasteiger partial charge < -0.3 is 69.6 Å². The molecule has 1 fully saturated rings. The number of nitrogens with zero attached hydrogens (tertiary/aromatic N) is 2. The largest absolute Gasteiger partial charge is 0.480 e. The summed E-state index contributed by atoms with van der Waals surface area (Å²) < 4.78 is 0. The Balaban J connectivity index is 1.74. The van der Waals surface area contributed by atoms with Gasteiger partial charge in [0.25, 0.3) is 0 Å². The average Bonchev–Trinajstić information content (AvgIpc) is 3.82. The number of nitrogens with one attached hydrogen (secondary N) is 6. The number of carboxylic acids is 1. The second kappa shape index (κ2) is 21.9. The first-order valence-corrected chi connectivity index (χ1v) is 18.7. The molecular formula is C36H54N12O10. The molecule has 1 aromatic heterocycles. The first-order chi connectivity index (χ1) is 27.4. The molecule has 22 nitrogen and oxygen atoms in total. The lowest BCUT2D eigenvalue weighted by molar-refractivity contribution is -0.143. The van der Waals surface area contributed by atoms with E-state index in [9.17, 15) is 48.6 Å². The highest BCUT2D eigenvalue weighted by molar-refractivity contribution is 5.97. The first kappa shape index (κ1) is 46.1.